The molecule has 0 spiro atoms. The average molecular weight is 380 g/mol. The van der Waals surface area contributed by atoms with Crippen molar-refractivity contribution in [3.05, 3.63) is 24.2 Å². The summed E-state index contributed by atoms with van der Waals surface area (Å²) in [6, 6.07) is 3.88. The number of amides is 2. The van der Waals surface area contributed by atoms with Crippen LogP contribution in [0.5, 0.6) is 0 Å². The van der Waals surface area contributed by atoms with Crippen molar-refractivity contribution in [1.29, 1.82) is 0 Å². The second-order valence-electron chi connectivity index (χ2n) is 7.10. The summed E-state index contributed by atoms with van der Waals surface area (Å²) in [6.45, 7) is 3.81. The number of carbonyl (C=O) groups is 2. The van der Waals surface area contributed by atoms with E-state index >= 15 is 0 Å². The van der Waals surface area contributed by atoms with E-state index < -0.39 is 0 Å². The highest BCUT2D eigenvalue weighted by Gasteiger charge is 2.33. The van der Waals surface area contributed by atoms with E-state index in [1.165, 1.54) is 0 Å². The van der Waals surface area contributed by atoms with Gasteiger partial charge in [-0.2, -0.15) is 11.8 Å². The van der Waals surface area contributed by atoms with Gasteiger partial charge in [-0.05, 0) is 43.6 Å². The lowest BCUT2D eigenvalue weighted by atomic mass is 9.89. The molecule has 3 rings (SSSR count). The lowest BCUT2D eigenvalue weighted by molar-refractivity contribution is -0.136. The Kier molecular flexibility index (Phi) is 7.43. The Morgan fingerprint density at radius 3 is 2.85 bits per heavy atom. The van der Waals surface area contributed by atoms with Crippen LogP contribution in [-0.4, -0.2) is 55.2 Å². The van der Waals surface area contributed by atoms with Crippen LogP contribution in [-0.2, 0) is 15.3 Å². The second kappa shape index (κ2) is 10.0. The van der Waals surface area contributed by atoms with Crippen molar-refractivity contribution in [2.75, 3.05) is 38.5 Å². The first-order valence-corrected chi connectivity index (χ1v) is 10.8. The van der Waals surface area contributed by atoms with Gasteiger partial charge in [-0.1, -0.05) is 0 Å². The summed E-state index contributed by atoms with van der Waals surface area (Å²) >= 11 is 1.81. The van der Waals surface area contributed by atoms with Crippen molar-refractivity contribution in [3.8, 4) is 0 Å². The maximum atomic E-state index is 12.5. The molecule has 2 atom stereocenters. The molecule has 6 nitrogen and oxygen atoms in total. The fourth-order valence-electron chi connectivity index (χ4n) is 3.62. The van der Waals surface area contributed by atoms with Gasteiger partial charge in [0.25, 0.3) is 0 Å². The number of likely N-dealkylation sites (tertiary alicyclic amines) is 1. The fraction of sp³-hybridized carbons (Fsp3) is 0.684. The molecular formula is C19H29N3O3S. The van der Waals surface area contributed by atoms with Crippen molar-refractivity contribution < 1.29 is 14.0 Å². The number of hydrogen-bond donors (Lipinski definition) is 2. The van der Waals surface area contributed by atoms with Crippen molar-refractivity contribution in [2.24, 2.45) is 11.8 Å². The van der Waals surface area contributed by atoms with Crippen molar-refractivity contribution in [3.63, 3.8) is 0 Å². The third-order valence-electron chi connectivity index (χ3n) is 5.08. The number of piperidine rings is 1. The number of nitrogens with one attached hydrogen (secondary N) is 2. The fourth-order valence-corrected chi connectivity index (χ4v) is 4.48. The van der Waals surface area contributed by atoms with Gasteiger partial charge < -0.3 is 20.0 Å². The molecule has 2 N–H and O–H groups in total. The van der Waals surface area contributed by atoms with Gasteiger partial charge in [-0.3, -0.25) is 9.59 Å². The molecule has 0 saturated carbocycles. The number of rotatable bonds is 8. The van der Waals surface area contributed by atoms with E-state index in [9.17, 15) is 9.59 Å². The molecule has 144 valence electrons. The van der Waals surface area contributed by atoms with Gasteiger partial charge in [0.2, 0.25) is 11.8 Å². The molecule has 1 aromatic heterocycles. The summed E-state index contributed by atoms with van der Waals surface area (Å²) in [5, 5.41) is 6.31. The van der Waals surface area contributed by atoms with Crippen LogP contribution in [0.4, 0.5) is 0 Å². The molecule has 3 heterocycles. The molecule has 7 heteroatoms. The third kappa shape index (κ3) is 5.51. The Morgan fingerprint density at radius 2 is 2.08 bits per heavy atom. The van der Waals surface area contributed by atoms with Gasteiger partial charge in [0.05, 0.1) is 23.9 Å². The monoisotopic (exact) mass is 379 g/mol. The van der Waals surface area contributed by atoms with Crippen LogP contribution < -0.4 is 10.6 Å². The summed E-state index contributed by atoms with van der Waals surface area (Å²) in [4.78, 5) is 26.9. The van der Waals surface area contributed by atoms with E-state index in [4.69, 9.17) is 4.42 Å². The van der Waals surface area contributed by atoms with E-state index in [1.807, 2.05) is 28.8 Å². The van der Waals surface area contributed by atoms with Crippen LogP contribution in [0.1, 0.15) is 31.4 Å². The van der Waals surface area contributed by atoms with Gasteiger partial charge in [-0.25, -0.2) is 0 Å². The average Bonchev–Trinajstić information content (AvgIpc) is 3.37. The van der Waals surface area contributed by atoms with Crippen LogP contribution >= 0.6 is 11.8 Å². The molecule has 0 aromatic carbocycles. The zero-order chi connectivity index (χ0) is 18.2. The topological polar surface area (TPSA) is 74.6 Å². The first-order chi connectivity index (χ1) is 12.7. The Bertz CT molecular complexity index is 573. The minimum Gasteiger partial charge on any atom is -0.468 e. The summed E-state index contributed by atoms with van der Waals surface area (Å²) in [7, 11) is 0. The first-order valence-electron chi connectivity index (χ1n) is 9.61. The van der Waals surface area contributed by atoms with Gasteiger partial charge in [0.15, 0.2) is 0 Å². The van der Waals surface area contributed by atoms with E-state index in [2.05, 4.69) is 10.6 Å². The zero-order valence-electron chi connectivity index (χ0n) is 15.2. The predicted octanol–water partition coefficient (Wildman–Crippen LogP) is 1.87. The third-order valence-corrected chi connectivity index (χ3v) is 6.14. The standard InChI is InChI=1S/C19H29N3O3S/c23-18(21-6-4-10-26-14-17-5-3-9-25-17)15-11-16(13-20-12-15)19(24)22-7-1-2-8-22/h3,5,9,15-16,20H,1-2,4,6-8,10-14H2,(H,21,23)/t15-,16-/m0/s1. The Morgan fingerprint density at radius 1 is 1.27 bits per heavy atom. The van der Waals surface area contributed by atoms with Gasteiger partial charge in [-0.15, -0.1) is 0 Å². The largest absolute Gasteiger partial charge is 0.468 e. The van der Waals surface area contributed by atoms with Crippen LogP contribution in [0.15, 0.2) is 22.8 Å². The molecule has 0 unspecified atom stereocenters. The van der Waals surface area contributed by atoms with Crippen molar-refractivity contribution >= 4 is 23.6 Å². The molecule has 0 radical (unpaired) electrons. The smallest absolute Gasteiger partial charge is 0.226 e. The van der Waals surface area contributed by atoms with Crippen LogP contribution in [0.3, 0.4) is 0 Å². The van der Waals surface area contributed by atoms with Crippen molar-refractivity contribution in [1.82, 2.24) is 15.5 Å². The number of hydrogen-bond acceptors (Lipinski definition) is 5. The molecule has 2 aliphatic heterocycles. The summed E-state index contributed by atoms with van der Waals surface area (Å²) in [5.41, 5.74) is 0. The number of nitrogens with zero attached hydrogens (tertiary/aromatic N) is 1. The molecule has 26 heavy (non-hydrogen) atoms. The maximum absolute atomic E-state index is 12.5. The van der Waals surface area contributed by atoms with E-state index in [0.717, 1.165) is 49.6 Å². The lowest BCUT2D eigenvalue weighted by Gasteiger charge is -2.31. The summed E-state index contributed by atoms with van der Waals surface area (Å²) in [6.07, 6.45) is 5.51. The molecule has 2 aliphatic rings. The molecule has 1 aromatic rings. The SMILES string of the molecule is O=C(NCCCSCc1ccco1)[C@@H]1CNC[C@@H](C(=O)N2CCCC2)C1. The molecular weight excluding hydrogens is 350 g/mol. The first kappa shape index (κ1) is 19.3. The van der Waals surface area contributed by atoms with Crippen LogP contribution in [0, 0.1) is 11.8 Å². The summed E-state index contributed by atoms with van der Waals surface area (Å²) in [5.74, 6) is 2.99. The van der Waals surface area contributed by atoms with E-state index in [0.29, 0.717) is 26.1 Å². The molecule has 0 bridgehead atoms. The molecule has 2 amide bonds. The van der Waals surface area contributed by atoms with Crippen LogP contribution in [0.2, 0.25) is 0 Å². The summed E-state index contributed by atoms with van der Waals surface area (Å²) < 4.78 is 5.30. The molecule has 2 saturated heterocycles. The van der Waals surface area contributed by atoms with Gasteiger partial charge in [0, 0.05) is 32.7 Å². The van der Waals surface area contributed by atoms with Crippen LogP contribution in [0.25, 0.3) is 0 Å². The minimum atomic E-state index is -0.101. The second-order valence-corrected chi connectivity index (χ2v) is 8.20. The maximum Gasteiger partial charge on any atom is 0.226 e. The van der Waals surface area contributed by atoms with E-state index in [1.54, 1.807) is 6.26 Å². The minimum absolute atomic E-state index is 0.0542. The van der Waals surface area contributed by atoms with Gasteiger partial charge >= 0.3 is 0 Å². The predicted molar refractivity (Wildman–Crippen MR) is 103 cm³/mol. The molecule has 0 aliphatic carbocycles. The quantitative estimate of drug-likeness (QED) is 0.675. The zero-order valence-corrected chi connectivity index (χ0v) is 16.1. The Hall–Kier alpha value is -1.47. The van der Waals surface area contributed by atoms with E-state index in [-0.39, 0.29) is 23.7 Å². The number of furan rings is 1. The Balaban J connectivity index is 1.31. The Labute approximate surface area is 159 Å². The normalized spacial score (nSPS) is 23.2. The highest BCUT2D eigenvalue weighted by atomic mass is 32.2. The lowest BCUT2D eigenvalue weighted by Crippen LogP contribution is -2.49. The number of carbonyl (C=O) groups excluding carboxylic acids is 2. The highest BCUT2D eigenvalue weighted by molar-refractivity contribution is 7.98. The molecule has 2 fully saturated rings. The number of thioether (sulfide) groups is 1. The van der Waals surface area contributed by atoms with Crippen molar-refractivity contribution in [2.45, 2.75) is 31.4 Å². The highest BCUT2D eigenvalue weighted by Crippen LogP contribution is 2.21. The van der Waals surface area contributed by atoms with Gasteiger partial charge in [0.1, 0.15) is 5.76 Å².